The van der Waals surface area contributed by atoms with E-state index in [1.165, 1.54) is 13.5 Å². The van der Waals surface area contributed by atoms with Crippen molar-refractivity contribution < 1.29 is 9.53 Å². The lowest BCUT2D eigenvalue weighted by atomic mass is 10.1. The highest BCUT2D eigenvalue weighted by molar-refractivity contribution is 14.0. The maximum absolute atomic E-state index is 11.5. The summed E-state index contributed by atoms with van der Waals surface area (Å²) in [5, 5.41) is 6.81. The summed E-state index contributed by atoms with van der Waals surface area (Å²) < 4.78 is 4.78. The average molecular weight is 469 g/mol. The van der Waals surface area contributed by atoms with E-state index in [0.29, 0.717) is 6.04 Å². The number of amides is 1. The number of hydrogen-bond donors (Lipinski definition) is 2. The minimum atomic E-state index is -0.232. The summed E-state index contributed by atoms with van der Waals surface area (Å²) in [5.74, 6) is 0.876. The van der Waals surface area contributed by atoms with E-state index in [-0.39, 0.29) is 30.1 Å². The number of ether oxygens (including phenoxy) is 1. The number of carbonyl (C=O) groups is 1. The van der Waals surface area contributed by atoms with Crippen LogP contribution in [0, 0.1) is 0 Å². The third-order valence-corrected chi connectivity index (χ3v) is 4.29. The van der Waals surface area contributed by atoms with Crippen LogP contribution in [0.15, 0.2) is 4.99 Å². The smallest absolute Gasteiger partial charge is 0.409 e. The molecular weight excluding hydrogens is 433 g/mol. The Labute approximate surface area is 170 Å². The maximum Gasteiger partial charge on any atom is 0.409 e. The minimum Gasteiger partial charge on any atom is -0.453 e. The van der Waals surface area contributed by atoms with E-state index in [2.05, 4.69) is 36.3 Å². The molecule has 148 valence electrons. The number of piperidine rings is 1. The molecule has 0 atom stereocenters. The molecule has 0 aromatic carbocycles. The fraction of sp³-hybridized carbons (Fsp3) is 0.882. The van der Waals surface area contributed by atoms with Gasteiger partial charge in [0, 0.05) is 32.2 Å². The van der Waals surface area contributed by atoms with Crippen LogP contribution in [0.5, 0.6) is 0 Å². The molecular formula is C17H36IN5O2. The summed E-state index contributed by atoms with van der Waals surface area (Å²) in [6, 6.07) is 0.349. The summed E-state index contributed by atoms with van der Waals surface area (Å²) in [7, 11) is 1.43. The first-order chi connectivity index (χ1) is 11.6. The molecule has 0 bridgehead atoms. The first-order valence-corrected chi connectivity index (χ1v) is 9.24. The van der Waals surface area contributed by atoms with Gasteiger partial charge in [-0.1, -0.05) is 13.8 Å². The highest BCUT2D eigenvalue weighted by atomic mass is 127. The third-order valence-electron chi connectivity index (χ3n) is 4.29. The molecule has 1 rings (SSSR count). The predicted molar refractivity (Wildman–Crippen MR) is 114 cm³/mol. The van der Waals surface area contributed by atoms with Gasteiger partial charge in [0.2, 0.25) is 0 Å². The predicted octanol–water partition coefficient (Wildman–Crippen LogP) is 2.12. The zero-order valence-corrected chi connectivity index (χ0v) is 18.5. The van der Waals surface area contributed by atoms with E-state index in [0.717, 1.165) is 64.6 Å². The summed E-state index contributed by atoms with van der Waals surface area (Å²) in [6.07, 6.45) is 2.77. The molecule has 1 aliphatic heterocycles. The minimum absolute atomic E-state index is 0. The van der Waals surface area contributed by atoms with Gasteiger partial charge in [-0.15, -0.1) is 24.0 Å². The Kier molecular flexibility index (Phi) is 14.0. The van der Waals surface area contributed by atoms with Crippen molar-refractivity contribution >= 4 is 36.0 Å². The highest BCUT2D eigenvalue weighted by Crippen LogP contribution is 2.11. The number of carbonyl (C=O) groups excluding carboxylic acids is 1. The first-order valence-electron chi connectivity index (χ1n) is 9.24. The molecule has 7 nitrogen and oxygen atoms in total. The van der Waals surface area contributed by atoms with Gasteiger partial charge in [-0.3, -0.25) is 4.99 Å². The Hall–Kier alpha value is -0.770. The molecule has 0 saturated carbocycles. The Morgan fingerprint density at radius 2 is 1.92 bits per heavy atom. The lowest BCUT2D eigenvalue weighted by molar-refractivity contribution is 0.111. The molecule has 0 aromatic heterocycles. The molecule has 8 heteroatoms. The van der Waals surface area contributed by atoms with Gasteiger partial charge in [0.1, 0.15) is 0 Å². The standard InChI is InChI=1S/C17H35N5O2.HI/c1-5-11-21(7-3)14-10-19-16(18-6-2)20-15-8-12-22(13-9-15)17(23)24-4;/h15H,5-14H2,1-4H3,(H2,18,19,20);1H. The highest BCUT2D eigenvalue weighted by Gasteiger charge is 2.23. The SMILES string of the molecule is CCCN(CC)CCN=C(NCC)NC1CCN(C(=O)OC)CC1.I. The zero-order chi connectivity index (χ0) is 17.8. The molecule has 1 heterocycles. The second-order valence-electron chi connectivity index (χ2n) is 6.07. The Balaban J connectivity index is 0.00000576. The van der Waals surface area contributed by atoms with Gasteiger partial charge in [0.15, 0.2) is 5.96 Å². The molecule has 2 N–H and O–H groups in total. The topological polar surface area (TPSA) is 69.2 Å². The fourth-order valence-corrected chi connectivity index (χ4v) is 2.90. The average Bonchev–Trinajstić information content (AvgIpc) is 2.61. The molecule has 1 amide bonds. The van der Waals surface area contributed by atoms with Gasteiger partial charge in [-0.2, -0.15) is 0 Å². The van der Waals surface area contributed by atoms with Gasteiger partial charge in [0.05, 0.1) is 13.7 Å². The second-order valence-corrected chi connectivity index (χ2v) is 6.07. The molecule has 1 saturated heterocycles. The lowest BCUT2D eigenvalue weighted by Crippen LogP contribution is -2.50. The van der Waals surface area contributed by atoms with E-state index < -0.39 is 0 Å². The van der Waals surface area contributed by atoms with Gasteiger partial charge in [-0.05, 0) is 39.3 Å². The van der Waals surface area contributed by atoms with Crippen molar-refractivity contribution in [3.05, 3.63) is 0 Å². The van der Waals surface area contributed by atoms with Crippen molar-refractivity contribution in [3.63, 3.8) is 0 Å². The van der Waals surface area contributed by atoms with Gasteiger partial charge >= 0.3 is 6.09 Å². The maximum atomic E-state index is 11.5. The molecule has 0 aromatic rings. The van der Waals surface area contributed by atoms with Crippen molar-refractivity contribution in [1.82, 2.24) is 20.4 Å². The van der Waals surface area contributed by atoms with E-state index in [4.69, 9.17) is 9.73 Å². The number of nitrogens with zero attached hydrogens (tertiary/aromatic N) is 3. The lowest BCUT2D eigenvalue weighted by Gasteiger charge is -2.32. The second kappa shape index (κ2) is 14.4. The van der Waals surface area contributed by atoms with Crippen LogP contribution in [0.2, 0.25) is 0 Å². The molecule has 25 heavy (non-hydrogen) atoms. The molecule has 1 fully saturated rings. The Morgan fingerprint density at radius 3 is 2.44 bits per heavy atom. The number of nitrogens with one attached hydrogen (secondary N) is 2. The number of rotatable bonds is 8. The van der Waals surface area contributed by atoms with Crippen LogP contribution in [0.4, 0.5) is 4.79 Å². The Bertz CT molecular complexity index is 387. The summed E-state index contributed by atoms with van der Waals surface area (Å²) in [4.78, 5) is 20.4. The van der Waals surface area contributed by atoms with Gasteiger partial charge in [0.25, 0.3) is 0 Å². The van der Waals surface area contributed by atoms with Crippen LogP contribution in [-0.4, -0.2) is 80.8 Å². The fourth-order valence-electron chi connectivity index (χ4n) is 2.90. The molecule has 0 unspecified atom stereocenters. The van der Waals surface area contributed by atoms with Crippen molar-refractivity contribution in [3.8, 4) is 0 Å². The Morgan fingerprint density at radius 1 is 1.24 bits per heavy atom. The van der Waals surface area contributed by atoms with Crippen LogP contribution in [-0.2, 0) is 4.74 Å². The van der Waals surface area contributed by atoms with Crippen LogP contribution < -0.4 is 10.6 Å². The third kappa shape index (κ3) is 9.48. The molecule has 0 spiro atoms. The van der Waals surface area contributed by atoms with Crippen molar-refractivity contribution in [2.45, 2.75) is 46.1 Å². The number of guanidine groups is 1. The van der Waals surface area contributed by atoms with E-state index in [9.17, 15) is 4.79 Å². The van der Waals surface area contributed by atoms with E-state index in [1.54, 1.807) is 4.90 Å². The zero-order valence-electron chi connectivity index (χ0n) is 16.2. The first kappa shape index (κ1) is 24.2. The number of likely N-dealkylation sites (N-methyl/N-ethyl adjacent to an activating group) is 1. The number of aliphatic imine (C=N–C) groups is 1. The van der Waals surface area contributed by atoms with Crippen molar-refractivity contribution in [2.75, 3.05) is 52.9 Å². The van der Waals surface area contributed by atoms with E-state index >= 15 is 0 Å². The number of hydrogen-bond acceptors (Lipinski definition) is 4. The summed E-state index contributed by atoms with van der Waals surface area (Å²) in [6.45, 7) is 12.8. The summed E-state index contributed by atoms with van der Waals surface area (Å²) in [5.41, 5.74) is 0. The molecule has 0 aliphatic carbocycles. The normalized spacial score (nSPS) is 15.7. The quantitative estimate of drug-likeness (QED) is 0.324. The number of methoxy groups -OCH3 is 1. The number of likely N-dealkylation sites (tertiary alicyclic amines) is 1. The van der Waals surface area contributed by atoms with Crippen LogP contribution in [0.25, 0.3) is 0 Å². The van der Waals surface area contributed by atoms with Crippen LogP contribution >= 0.6 is 24.0 Å². The number of halogens is 1. The van der Waals surface area contributed by atoms with Crippen LogP contribution in [0.1, 0.15) is 40.0 Å². The summed E-state index contributed by atoms with van der Waals surface area (Å²) >= 11 is 0. The molecule has 1 aliphatic rings. The van der Waals surface area contributed by atoms with Gasteiger partial charge in [-0.25, -0.2) is 4.79 Å². The largest absolute Gasteiger partial charge is 0.453 e. The van der Waals surface area contributed by atoms with E-state index in [1.807, 2.05) is 0 Å². The molecule has 0 radical (unpaired) electrons. The van der Waals surface area contributed by atoms with Gasteiger partial charge < -0.3 is 25.2 Å². The van der Waals surface area contributed by atoms with Crippen molar-refractivity contribution in [2.24, 2.45) is 4.99 Å². The van der Waals surface area contributed by atoms with Crippen molar-refractivity contribution in [1.29, 1.82) is 0 Å². The monoisotopic (exact) mass is 469 g/mol. The van der Waals surface area contributed by atoms with Crippen LogP contribution in [0.3, 0.4) is 0 Å².